The third-order valence-electron chi connectivity index (χ3n) is 3.73. The first kappa shape index (κ1) is 19.4. The molecule has 0 spiro atoms. The smallest absolute Gasteiger partial charge is 0.191 e. The van der Waals surface area contributed by atoms with Crippen LogP contribution in [0.15, 0.2) is 9.52 Å². The number of aliphatic imine (C=N–C) groups is 1. The highest BCUT2D eigenvalue weighted by Crippen LogP contribution is 2.15. The molecule has 0 atom stereocenters. The minimum Gasteiger partial charge on any atom is -0.383 e. The zero-order valence-electron chi connectivity index (χ0n) is 15.1. The first-order chi connectivity index (χ1) is 11.2. The van der Waals surface area contributed by atoms with Crippen molar-refractivity contribution in [2.75, 3.05) is 47.4 Å². The largest absolute Gasteiger partial charge is 0.383 e. The maximum atomic E-state index is 5.38. The van der Waals surface area contributed by atoms with Gasteiger partial charge >= 0.3 is 0 Å². The summed E-state index contributed by atoms with van der Waals surface area (Å²) in [4.78, 5) is 6.47. The van der Waals surface area contributed by atoms with Gasteiger partial charge in [-0.1, -0.05) is 19.0 Å². The average molecular weight is 325 g/mol. The minimum absolute atomic E-state index is 0.676. The Labute approximate surface area is 139 Å². The average Bonchev–Trinajstić information content (AvgIpc) is 2.97. The lowest BCUT2D eigenvalue weighted by molar-refractivity contribution is 0.162. The molecule has 0 fully saturated rings. The molecule has 1 aromatic heterocycles. The molecule has 0 aromatic carbocycles. The van der Waals surface area contributed by atoms with Gasteiger partial charge in [0.1, 0.15) is 5.76 Å². The molecule has 0 bridgehead atoms. The molecule has 0 amide bonds. The van der Waals surface area contributed by atoms with Crippen LogP contribution in [0.2, 0.25) is 0 Å². The van der Waals surface area contributed by atoms with Crippen LogP contribution in [0, 0.1) is 0 Å². The Morgan fingerprint density at radius 3 is 2.65 bits per heavy atom. The van der Waals surface area contributed by atoms with Crippen LogP contribution in [0.5, 0.6) is 0 Å². The number of guanidine groups is 1. The number of likely N-dealkylation sites (N-methyl/N-ethyl adjacent to an activating group) is 1. The minimum atomic E-state index is 0.676. The van der Waals surface area contributed by atoms with E-state index in [1.54, 1.807) is 14.2 Å². The molecule has 0 unspecified atom stereocenters. The summed E-state index contributed by atoms with van der Waals surface area (Å²) in [6.07, 6.45) is 1.72. The topological polar surface area (TPSA) is 74.9 Å². The van der Waals surface area contributed by atoms with Crippen molar-refractivity contribution in [2.45, 2.75) is 33.2 Å². The lowest BCUT2D eigenvalue weighted by Crippen LogP contribution is -2.41. The molecule has 23 heavy (non-hydrogen) atoms. The second-order valence-corrected chi connectivity index (χ2v) is 5.39. The Morgan fingerprint density at radius 1 is 1.26 bits per heavy atom. The summed E-state index contributed by atoms with van der Waals surface area (Å²) in [5.74, 6) is 1.74. The number of nitrogens with zero attached hydrogens (tertiary/aromatic N) is 3. The quantitative estimate of drug-likeness (QED) is 0.495. The fourth-order valence-electron chi connectivity index (χ4n) is 2.25. The van der Waals surface area contributed by atoms with Crippen LogP contribution in [0.25, 0.3) is 0 Å². The van der Waals surface area contributed by atoms with E-state index in [4.69, 9.17) is 9.26 Å². The molecule has 1 aromatic rings. The van der Waals surface area contributed by atoms with Crippen molar-refractivity contribution in [3.05, 3.63) is 17.0 Å². The van der Waals surface area contributed by atoms with Crippen molar-refractivity contribution in [1.29, 1.82) is 0 Å². The molecule has 1 rings (SSSR count). The molecule has 132 valence electrons. The zero-order valence-corrected chi connectivity index (χ0v) is 15.1. The van der Waals surface area contributed by atoms with Gasteiger partial charge in [0.05, 0.1) is 12.3 Å². The SMILES string of the molecule is CCc1noc(CC)c1CNC(=NC)NCCN(C)CCOC. The van der Waals surface area contributed by atoms with E-state index in [1.165, 1.54) is 0 Å². The van der Waals surface area contributed by atoms with Crippen LogP contribution < -0.4 is 10.6 Å². The van der Waals surface area contributed by atoms with E-state index in [9.17, 15) is 0 Å². The number of rotatable bonds is 10. The second-order valence-electron chi connectivity index (χ2n) is 5.39. The van der Waals surface area contributed by atoms with Gasteiger partial charge in [-0.25, -0.2) is 0 Å². The lowest BCUT2D eigenvalue weighted by atomic mass is 10.1. The van der Waals surface area contributed by atoms with Gasteiger partial charge in [-0.15, -0.1) is 0 Å². The number of hydrogen-bond donors (Lipinski definition) is 2. The molecule has 0 aliphatic heterocycles. The summed E-state index contributed by atoms with van der Waals surface area (Å²) in [7, 11) is 5.58. The molecule has 1 heterocycles. The standard InChI is InChI=1S/C16H31N5O2/c1-6-14-13(15(7-2)23-20-14)12-19-16(17-3)18-8-9-21(4)10-11-22-5/h6-12H2,1-5H3,(H2,17,18,19). The number of aryl methyl sites for hydroxylation is 2. The fraction of sp³-hybridized carbons (Fsp3) is 0.750. The molecular weight excluding hydrogens is 294 g/mol. The Hall–Kier alpha value is -1.60. The van der Waals surface area contributed by atoms with Crippen LogP contribution in [-0.4, -0.2) is 63.5 Å². The highest BCUT2D eigenvalue weighted by molar-refractivity contribution is 5.79. The van der Waals surface area contributed by atoms with Crippen molar-refractivity contribution in [3.8, 4) is 0 Å². The number of aromatic nitrogens is 1. The number of nitrogens with one attached hydrogen (secondary N) is 2. The van der Waals surface area contributed by atoms with Gasteiger partial charge in [-0.3, -0.25) is 4.99 Å². The Morgan fingerprint density at radius 2 is 2.04 bits per heavy atom. The predicted octanol–water partition coefficient (Wildman–Crippen LogP) is 1.04. The summed E-state index contributed by atoms with van der Waals surface area (Å²) >= 11 is 0. The molecule has 0 radical (unpaired) electrons. The number of hydrogen-bond acceptors (Lipinski definition) is 5. The molecule has 7 nitrogen and oxygen atoms in total. The van der Waals surface area contributed by atoms with Gasteiger partial charge in [-0.2, -0.15) is 0 Å². The van der Waals surface area contributed by atoms with E-state index in [0.717, 1.165) is 62.1 Å². The summed E-state index contributed by atoms with van der Waals surface area (Å²) in [5.41, 5.74) is 2.17. The Bertz CT molecular complexity index is 452. The van der Waals surface area contributed by atoms with Crippen molar-refractivity contribution >= 4 is 5.96 Å². The molecule has 7 heteroatoms. The predicted molar refractivity (Wildman–Crippen MR) is 92.8 cm³/mol. The molecule has 0 saturated heterocycles. The Kier molecular flexibility index (Phi) is 9.31. The van der Waals surface area contributed by atoms with Crippen LogP contribution in [0.4, 0.5) is 0 Å². The van der Waals surface area contributed by atoms with Crippen LogP contribution >= 0.6 is 0 Å². The summed E-state index contributed by atoms with van der Waals surface area (Å²) in [6, 6.07) is 0. The first-order valence-corrected chi connectivity index (χ1v) is 8.24. The van der Waals surface area contributed by atoms with Crippen LogP contribution in [-0.2, 0) is 24.1 Å². The van der Waals surface area contributed by atoms with Crippen molar-refractivity contribution in [3.63, 3.8) is 0 Å². The molecule has 0 aliphatic rings. The maximum absolute atomic E-state index is 5.38. The van der Waals surface area contributed by atoms with E-state index < -0.39 is 0 Å². The molecular formula is C16H31N5O2. The monoisotopic (exact) mass is 325 g/mol. The summed E-state index contributed by atoms with van der Waals surface area (Å²) in [6.45, 7) is 8.26. The highest BCUT2D eigenvalue weighted by Gasteiger charge is 2.13. The van der Waals surface area contributed by atoms with Gasteiger partial charge in [0, 0.05) is 52.3 Å². The molecule has 0 saturated carbocycles. The lowest BCUT2D eigenvalue weighted by Gasteiger charge is -2.17. The fourth-order valence-corrected chi connectivity index (χ4v) is 2.25. The summed E-state index contributed by atoms with van der Waals surface area (Å²) in [5, 5.41) is 10.8. The first-order valence-electron chi connectivity index (χ1n) is 8.24. The third-order valence-corrected chi connectivity index (χ3v) is 3.73. The van der Waals surface area contributed by atoms with Gasteiger partial charge in [-0.05, 0) is 13.5 Å². The molecule has 0 aliphatic carbocycles. The third kappa shape index (κ3) is 6.58. The van der Waals surface area contributed by atoms with Gasteiger partial charge in [0.15, 0.2) is 5.96 Å². The van der Waals surface area contributed by atoms with Gasteiger partial charge < -0.3 is 24.8 Å². The highest BCUT2D eigenvalue weighted by atomic mass is 16.5. The van der Waals surface area contributed by atoms with Crippen LogP contribution in [0.1, 0.15) is 30.9 Å². The van der Waals surface area contributed by atoms with Crippen molar-refractivity contribution in [2.24, 2.45) is 4.99 Å². The van der Waals surface area contributed by atoms with Crippen molar-refractivity contribution < 1.29 is 9.26 Å². The Balaban J connectivity index is 2.41. The van der Waals surface area contributed by atoms with Crippen molar-refractivity contribution in [1.82, 2.24) is 20.7 Å². The van der Waals surface area contributed by atoms with Gasteiger partial charge in [0.2, 0.25) is 0 Å². The zero-order chi connectivity index (χ0) is 17.1. The van der Waals surface area contributed by atoms with E-state index in [0.29, 0.717) is 6.54 Å². The van der Waals surface area contributed by atoms with E-state index in [1.807, 2.05) is 0 Å². The maximum Gasteiger partial charge on any atom is 0.191 e. The number of methoxy groups -OCH3 is 1. The van der Waals surface area contributed by atoms with Crippen LogP contribution in [0.3, 0.4) is 0 Å². The van der Waals surface area contributed by atoms with E-state index >= 15 is 0 Å². The second kappa shape index (κ2) is 11.0. The number of ether oxygens (including phenoxy) is 1. The van der Waals surface area contributed by atoms with E-state index in [2.05, 4.69) is 46.6 Å². The normalized spacial score (nSPS) is 12.0. The summed E-state index contributed by atoms with van der Waals surface area (Å²) < 4.78 is 10.5. The molecule has 2 N–H and O–H groups in total. The van der Waals surface area contributed by atoms with Gasteiger partial charge in [0.25, 0.3) is 0 Å². The van der Waals surface area contributed by atoms with E-state index in [-0.39, 0.29) is 0 Å².